The monoisotopic (exact) mass is 553 g/mol. The number of aromatic nitrogens is 2. The molecule has 3 heterocycles. The molecule has 1 fully saturated rings. The first kappa shape index (κ1) is 27.0. The summed E-state index contributed by atoms with van der Waals surface area (Å²) in [5, 5.41) is 6.24. The van der Waals surface area contributed by atoms with E-state index in [4.69, 9.17) is 4.74 Å². The zero-order valence-corrected chi connectivity index (χ0v) is 20.9. The van der Waals surface area contributed by atoms with Crippen LogP contribution < -0.4 is 10.6 Å². The van der Waals surface area contributed by atoms with Gasteiger partial charge >= 0.3 is 6.18 Å². The quantitative estimate of drug-likeness (QED) is 0.210. The first-order chi connectivity index (χ1) is 19.1. The van der Waals surface area contributed by atoms with Crippen LogP contribution in [0.2, 0.25) is 0 Å². The van der Waals surface area contributed by atoms with Crippen LogP contribution in [0.3, 0.4) is 0 Å². The van der Waals surface area contributed by atoms with Crippen molar-refractivity contribution in [2.45, 2.75) is 19.1 Å². The van der Waals surface area contributed by atoms with Crippen molar-refractivity contribution in [3.63, 3.8) is 0 Å². The number of carbonyl (C=O) groups excluding carboxylic acids is 2. The molecule has 8 nitrogen and oxygen atoms in total. The second-order valence-corrected chi connectivity index (χ2v) is 9.35. The van der Waals surface area contributed by atoms with E-state index in [-0.39, 0.29) is 30.3 Å². The molecule has 4 aromatic rings. The Morgan fingerprint density at radius 3 is 2.65 bits per heavy atom. The molecule has 2 aromatic carbocycles. The number of ether oxygens (including phenoxy) is 1. The summed E-state index contributed by atoms with van der Waals surface area (Å²) in [6.07, 6.45) is 0.0631. The van der Waals surface area contributed by atoms with Crippen LogP contribution in [0.25, 0.3) is 11.0 Å². The van der Waals surface area contributed by atoms with Gasteiger partial charge in [-0.2, -0.15) is 13.2 Å². The average molecular weight is 554 g/mol. The van der Waals surface area contributed by atoms with Gasteiger partial charge in [-0.05, 0) is 54.4 Å². The number of alkyl halides is 3. The minimum atomic E-state index is -4.73. The van der Waals surface area contributed by atoms with Crippen molar-refractivity contribution < 1.29 is 31.9 Å². The number of anilines is 2. The van der Waals surface area contributed by atoms with Gasteiger partial charge in [0.05, 0.1) is 23.4 Å². The number of fused-ring (bicyclic) bond motifs is 1. The molecule has 206 valence electrons. The van der Waals surface area contributed by atoms with Gasteiger partial charge < -0.3 is 20.4 Å². The Morgan fingerprint density at radius 2 is 1.93 bits per heavy atom. The molecule has 0 spiro atoms. The number of pyridine rings is 1. The highest BCUT2D eigenvalue weighted by molar-refractivity contribution is 6.06. The second-order valence-electron chi connectivity index (χ2n) is 9.35. The zero-order chi connectivity index (χ0) is 28.3. The van der Waals surface area contributed by atoms with Crippen LogP contribution in [0.1, 0.15) is 27.9 Å². The van der Waals surface area contributed by atoms with E-state index in [0.717, 1.165) is 17.5 Å². The molecule has 0 unspecified atom stereocenters. The van der Waals surface area contributed by atoms with Gasteiger partial charge in [0, 0.05) is 42.8 Å². The topological polar surface area (TPSA) is 108 Å². The molecule has 2 aromatic heterocycles. The summed E-state index contributed by atoms with van der Waals surface area (Å²) in [4.78, 5) is 37.0. The van der Waals surface area contributed by atoms with Crippen molar-refractivity contribution in [1.29, 1.82) is 0 Å². The Labute approximate surface area is 225 Å². The van der Waals surface area contributed by atoms with E-state index in [9.17, 15) is 27.2 Å². The van der Waals surface area contributed by atoms with Gasteiger partial charge in [-0.1, -0.05) is 12.1 Å². The molecule has 0 radical (unpaired) electrons. The van der Waals surface area contributed by atoms with Crippen LogP contribution >= 0.6 is 0 Å². The van der Waals surface area contributed by atoms with E-state index in [1.165, 1.54) is 12.4 Å². The van der Waals surface area contributed by atoms with Crippen molar-refractivity contribution in [3.8, 4) is 0 Å². The van der Waals surface area contributed by atoms with E-state index in [0.29, 0.717) is 36.0 Å². The van der Waals surface area contributed by atoms with Gasteiger partial charge in [0.1, 0.15) is 16.9 Å². The first-order valence-electron chi connectivity index (χ1n) is 12.2. The SMILES string of the molecule is O=C(N=C[C@@]1(C(=O)NCc2ccc(Nc3ccc(F)cc3C(F)(F)F)cc2)CCOC1)c1cnc2[nH]ccc2c1. The number of hydrogen-bond acceptors (Lipinski definition) is 5. The number of H-pyrrole nitrogens is 1. The summed E-state index contributed by atoms with van der Waals surface area (Å²) in [6, 6.07) is 12.2. The van der Waals surface area contributed by atoms with Crippen molar-refractivity contribution in [1.82, 2.24) is 15.3 Å². The van der Waals surface area contributed by atoms with Crippen molar-refractivity contribution in [3.05, 3.63) is 89.5 Å². The van der Waals surface area contributed by atoms with Gasteiger partial charge in [-0.3, -0.25) is 9.59 Å². The molecule has 0 aliphatic carbocycles. The fraction of sp³-hybridized carbons (Fsp3) is 0.214. The second kappa shape index (κ2) is 10.9. The predicted octanol–water partition coefficient (Wildman–Crippen LogP) is 5.40. The Morgan fingerprint density at radius 1 is 1.12 bits per heavy atom. The summed E-state index contributed by atoms with van der Waals surface area (Å²) < 4.78 is 58.6. The molecule has 2 amide bonds. The average Bonchev–Trinajstić information content (AvgIpc) is 3.61. The molecule has 1 aliphatic heterocycles. The Bertz CT molecular complexity index is 1580. The first-order valence-corrected chi connectivity index (χ1v) is 12.2. The van der Waals surface area contributed by atoms with Crippen molar-refractivity contribution in [2.24, 2.45) is 10.4 Å². The molecule has 12 heteroatoms. The van der Waals surface area contributed by atoms with E-state index < -0.39 is 28.9 Å². The highest BCUT2D eigenvalue weighted by Crippen LogP contribution is 2.36. The molecule has 1 saturated heterocycles. The molecular weight excluding hydrogens is 530 g/mol. The summed E-state index contributed by atoms with van der Waals surface area (Å²) in [7, 11) is 0. The number of nitrogens with one attached hydrogen (secondary N) is 3. The highest BCUT2D eigenvalue weighted by Gasteiger charge is 2.41. The largest absolute Gasteiger partial charge is 0.418 e. The lowest BCUT2D eigenvalue weighted by Crippen LogP contribution is -2.42. The van der Waals surface area contributed by atoms with Crippen LogP contribution in [0.4, 0.5) is 28.9 Å². The third-order valence-electron chi connectivity index (χ3n) is 6.55. The Balaban J connectivity index is 1.23. The summed E-state index contributed by atoms with van der Waals surface area (Å²) in [5.41, 5.74) is -0.558. The fourth-order valence-electron chi connectivity index (χ4n) is 4.31. The molecule has 5 rings (SSSR count). The van der Waals surface area contributed by atoms with Crippen LogP contribution in [-0.2, 0) is 22.3 Å². The molecule has 1 atom stereocenters. The third kappa shape index (κ3) is 5.86. The number of hydrogen-bond donors (Lipinski definition) is 3. The van der Waals surface area contributed by atoms with Crippen molar-refractivity contribution in [2.75, 3.05) is 18.5 Å². The lowest BCUT2D eigenvalue weighted by atomic mass is 9.87. The lowest BCUT2D eigenvalue weighted by Gasteiger charge is -2.21. The molecule has 40 heavy (non-hydrogen) atoms. The third-order valence-corrected chi connectivity index (χ3v) is 6.55. The van der Waals surface area contributed by atoms with Gasteiger partial charge in [0.15, 0.2) is 0 Å². The van der Waals surface area contributed by atoms with Gasteiger partial charge in [-0.15, -0.1) is 0 Å². The van der Waals surface area contributed by atoms with E-state index in [1.54, 1.807) is 42.6 Å². The number of rotatable bonds is 7. The van der Waals surface area contributed by atoms with Crippen LogP contribution in [0.15, 0.2) is 72.0 Å². The number of aliphatic imine (C=N–C) groups is 1. The Kier molecular flexibility index (Phi) is 7.35. The highest BCUT2D eigenvalue weighted by atomic mass is 19.4. The molecule has 0 bridgehead atoms. The van der Waals surface area contributed by atoms with Crippen LogP contribution in [-0.4, -0.2) is 41.2 Å². The number of carbonyl (C=O) groups is 2. The molecular formula is C28H23F4N5O3. The maximum absolute atomic E-state index is 13.4. The lowest BCUT2D eigenvalue weighted by molar-refractivity contribution is -0.137. The van der Waals surface area contributed by atoms with Crippen LogP contribution in [0, 0.1) is 11.2 Å². The number of amides is 2. The van der Waals surface area contributed by atoms with E-state index in [2.05, 4.69) is 25.6 Å². The number of benzene rings is 2. The normalized spacial score (nSPS) is 17.4. The predicted molar refractivity (Wildman–Crippen MR) is 140 cm³/mol. The fourth-order valence-corrected chi connectivity index (χ4v) is 4.31. The van der Waals surface area contributed by atoms with E-state index >= 15 is 0 Å². The van der Waals surface area contributed by atoms with Crippen molar-refractivity contribution >= 4 is 40.4 Å². The van der Waals surface area contributed by atoms with E-state index in [1.807, 2.05) is 0 Å². The number of aromatic amines is 1. The number of nitrogens with zero attached hydrogens (tertiary/aromatic N) is 2. The maximum atomic E-state index is 13.4. The molecule has 1 aliphatic rings. The van der Waals surface area contributed by atoms with Gasteiger partial charge in [0.2, 0.25) is 5.91 Å². The van der Waals surface area contributed by atoms with Crippen LogP contribution in [0.5, 0.6) is 0 Å². The summed E-state index contributed by atoms with van der Waals surface area (Å²) in [5.74, 6) is -1.89. The number of halogens is 4. The molecule has 3 N–H and O–H groups in total. The zero-order valence-electron chi connectivity index (χ0n) is 20.9. The molecule has 0 saturated carbocycles. The summed E-state index contributed by atoms with van der Waals surface area (Å²) in [6.45, 7) is 0.516. The van der Waals surface area contributed by atoms with Gasteiger partial charge in [-0.25, -0.2) is 14.4 Å². The van der Waals surface area contributed by atoms with Gasteiger partial charge in [0.25, 0.3) is 5.91 Å². The summed E-state index contributed by atoms with van der Waals surface area (Å²) >= 11 is 0. The minimum Gasteiger partial charge on any atom is -0.380 e. The Hall–Kier alpha value is -4.58. The minimum absolute atomic E-state index is 0.0623. The standard InChI is InChI=1S/C28H23F4N5O3/c29-20-3-6-23(22(12-20)28(30,31)32)37-21-4-1-17(2-5-21)13-35-26(39)27(8-10-40-16-27)15-36-25(38)19-11-18-7-9-33-24(18)34-14-19/h1-7,9,11-12,14-15,37H,8,10,13,16H2,(H,33,34)(H,35,39)/t27-/m0/s1. The maximum Gasteiger partial charge on any atom is 0.418 e. The smallest absolute Gasteiger partial charge is 0.380 e.